The zero-order valence-corrected chi connectivity index (χ0v) is 11.2. The van der Waals surface area contributed by atoms with Gasteiger partial charge in [-0.1, -0.05) is 0 Å². The van der Waals surface area contributed by atoms with E-state index in [0.29, 0.717) is 5.92 Å². The van der Waals surface area contributed by atoms with E-state index in [0.717, 1.165) is 12.8 Å². The fourth-order valence-electron chi connectivity index (χ4n) is 1.98. The first-order valence-corrected chi connectivity index (χ1v) is 7.24. The average Bonchev–Trinajstić information content (AvgIpc) is 3.11. The van der Waals surface area contributed by atoms with E-state index in [1.165, 1.54) is 18.3 Å². The molecular formula is C12H15N3O2S. The van der Waals surface area contributed by atoms with Crippen LogP contribution in [0, 0.1) is 17.2 Å². The van der Waals surface area contributed by atoms with Crippen molar-refractivity contribution < 1.29 is 8.42 Å². The molecule has 1 aromatic heterocycles. The highest BCUT2D eigenvalue weighted by atomic mass is 32.2. The van der Waals surface area contributed by atoms with Gasteiger partial charge in [0.2, 0.25) is 10.0 Å². The molecule has 0 saturated heterocycles. The van der Waals surface area contributed by atoms with Crippen LogP contribution in [0.2, 0.25) is 0 Å². The van der Waals surface area contributed by atoms with Gasteiger partial charge in [0.15, 0.2) is 5.69 Å². The van der Waals surface area contributed by atoms with E-state index in [1.807, 2.05) is 13.8 Å². The van der Waals surface area contributed by atoms with Crippen LogP contribution in [0.5, 0.6) is 0 Å². The Kier molecular flexibility index (Phi) is 3.13. The first-order chi connectivity index (χ1) is 8.37. The molecule has 18 heavy (non-hydrogen) atoms. The van der Waals surface area contributed by atoms with Gasteiger partial charge in [-0.15, -0.1) is 0 Å². The second-order valence-electron chi connectivity index (χ2n) is 5.06. The molecule has 0 unspecified atom stereocenters. The number of hydrogen-bond donors (Lipinski definition) is 1. The molecule has 1 heterocycles. The van der Waals surface area contributed by atoms with Gasteiger partial charge in [0.05, 0.1) is 0 Å². The van der Waals surface area contributed by atoms with E-state index in [-0.39, 0.29) is 10.6 Å². The number of nitrogens with zero attached hydrogens (tertiary/aromatic N) is 2. The Morgan fingerprint density at radius 3 is 2.72 bits per heavy atom. The first-order valence-electron chi connectivity index (χ1n) is 5.76. The minimum atomic E-state index is -3.70. The van der Waals surface area contributed by atoms with E-state index in [2.05, 4.69) is 9.71 Å². The summed E-state index contributed by atoms with van der Waals surface area (Å²) in [6, 6.07) is 4.72. The average molecular weight is 265 g/mol. The van der Waals surface area contributed by atoms with E-state index in [4.69, 9.17) is 5.26 Å². The summed E-state index contributed by atoms with van der Waals surface area (Å²) in [5.41, 5.74) is -0.557. The maximum atomic E-state index is 12.3. The van der Waals surface area contributed by atoms with E-state index >= 15 is 0 Å². The lowest BCUT2D eigenvalue weighted by atomic mass is 10.0. The summed E-state index contributed by atoms with van der Waals surface area (Å²) < 4.78 is 27.2. The van der Waals surface area contributed by atoms with Gasteiger partial charge in [0, 0.05) is 11.7 Å². The van der Waals surface area contributed by atoms with Crippen molar-refractivity contribution in [2.75, 3.05) is 0 Å². The monoisotopic (exact) mass is 265 g/mol. The number of rotatable bonds is 4. The number of aromatic nitrogens is 1. The van der Waals surface area contributed by atoms with Crippen LogP contribution in [-0.4, -0.2) is 18.9 Å². The van der Waals surface area contributed by atoms with Gasteiger partial charge < -0.3 is 0 Å². The lowest BCUT2D eigenvalue weighted by Gasteiger charge is -2.25. The molecule has 0 bridgehead atoms. The summed E-state index contributed by atoms with van der Waals surface area (Å²) in [5.74, 6) is 0.370. The molecule has 6 heteroatoms. The maximum Gasteiger partial charge on any atom is 0.243 e. The van der Waals surface area contributed by atoms with E-state index in [1.54, 1.807) is 6.07 Å². The van der Waals surface area contributed by atoms with Crippen molar-refractivity contribution in [2.45, 2.75) is 37.1 Å². The van der Waals surface area contributed by atoms with E-state index in [9.17, 15) is 8.42 Å². The topological polar surface area (TPSA) is 82.8 Å². The lowest BCUT2D eigenvalue weighted by Crippen LogP contribution is -2.45. The third-order valence-electron chi connectivity index (χ3n) is 3.16. The lowest BCUT2D eigenvalue weighted by molar-refractivity contribution is 0.400. The van der Waals surface area contributed by atoms with Crippen LogP contribution >= 0.6 is 0 Å². The minimum Gasteiger partial charge on any atom is -0.244 e. The molecule has 0 amide bonds. The summed E-state index contributed by atoms with van der Waals surface area (Å²) in [6.45, 7) is 3.73. The molecule has 0 spiro atoms. The molecule has 96 valence electrons. The standard InChI is InChI=1S/C12H15N3O2S/c1-12(2,9-5-6-9)15-18(16,17)11-4-3-7-14-10(11)8-13/h3-4,7,9,15H,5-6H2,1-2H3. The van der Waals surface area contributed by atoms with Crippen molar-refractivity contribution in [1.82, 2.24) is 9.71 Å². The van der Waals surface area contributed by atoms with Gasteiger partial charge in [0.25, 0.3) is 0 Å². The predicted octanol–water partition coefficient (Wildman–Crippen LogP) is 1.42. The van der Waals surface area contributed by atoms with Gasteiger partial charge in [-0.05, 0) is 44.7 Å². The Balaban J connectivity index is 2.34. The normalized spacial score (nSPS) is 16.3. The SMILES string of the molecule is CC(C)(NS(=O)(=O)c1cccnc1C#N)C1CC1. The molecule has 5 nitrogen and oxygen atoms in total. The Morgan fingerprint density at radius 2 is 2.17 bits per heavy atom. The van der Waals surface area contributed by atoms with Crippen molar-refractivity contribution in [2.24, 2.45) is 5.92 Å². The van der Waals surface area contributed by atoms with Crippen LogP contribution in [-0.2, 0) is 10.0 Å². The Bertz CT molecular complexity index is 598. The smallest absolute Gasteiger partial charge is 0.243 e. The van der Waals surface area contributed by atoms with Gasteiger partial charge in [-0.3, -0.25) is 0 Å². The molecule has 0 atom stereocenters. The number of pyridine rings is 1. The zero-order valence-electron chi connectivity index (χ0n) is 10.3. The fourth-order valence-corrected chi connectivity index (χ4v) is 3.56. The summed E-state index contributed by atoms with van der Waals surface area (Å²) in [5, 5.41) is 8.90. The third kappa shape index (κ3) is 2.52. The molecular weight excluding hydrogens is 250 g/mol. The van der Waals surface area contributed by atoms with Gasteiger partial charge in [-0.25, -0.2) is 18.1 Å². The Morgan fingerprint density at radius 1 is 1.50 bits per heavy atom. The van der Waals surface area contributed by atoms with Crippen LogP contribution in [0.15, 0.2) is 23.2 Å². The highest BCUT2D eigenvalue weighted by Crippen LogP contribution is 2.39. The molecule has 2 rings (SSSR count). The minimum absolute atomic E-state index is 0.0544. The summed E-state index contributed by atoms with van der Waals surface area (Å²) in [7, 11) is -3.70. The molecule has 0 radical (unpaired) electrons. The Hall–Kier alpha value is -1.45. The van der Waals surface area contributed by atoms with E-state index < -0.39 is 15.6 Å². The van der Waals surface area contributed by atoms with Gasteiger partial charge >= 0.3 is 0 Å². The number of sulfonamides is 1. The summed E-state index contributed by atoms with van der Waals surface area (Å²) in [4.78, 5) is 3.72. The van der Waals surface area contributed by atoms with Crippen LogP contribution in [0.3, 0.4) is 0 Å². The maximum absolute atomic E-state index is 12.3. The number of nitrogens with one attached hydrogen (secondary N) is 1. The van der Waals surface area contributed by atoms with Crippen molar-refractivity contribution >= 4 is 10.0 Å². The second kappa shape index (κ2) is 4.34. The largest absolute Gasteiger partial charge is 0.244 e. The van der Waals surface area contributed by atoms with Crippen LogP contribution in [0.4, 0.5) is 0 Å². The van der Waals surface area contributed by atoms with Gasteiger partial charge in [0.1, 0.15) is 11.0 Å². The molecule has 1 aliphatic carbocycles. The van der Waals surface area contributed by atoms with Crippen molar-refractivity contribution in [3.8, 4) is 6.07 Å². The highest BCUT2D eigenvalue weighted by Gasteiger charge is 2.41. The van der Waals surface area contributed by atoms with Crippen molar-refractivity contribution in [3.05, 3.63) is 24.0 Å². The molecule has 1 fully saturated rings. The third-order valence-corrected chi connectivity index (χ3v) is 4.86. The second-order valence-corrected chi connectivity index (χ2v) is 6.71. The number of nitriles is 1. The quantitative estimate of drug-likeness (QED) is 0.892. The number of hydrogen-bond acceptors (Lipinski definition) is 4. The molecule has 1 saturated carbocycles. The summed E-state index contributed by atoms with van der Waals surface area (Å²) >= 11 is 0. The van der Waals surface area contributed by atoms with Crippen molar-refractivity contribution in [3.63, 3.8) is 0 Å². The fraction of sp³-hybridized carbons (Fsp3) is 0.500. The van der Waals surface area contributed by atoms with Crippen molar-refractivity contribution in [1.29, 1.82) is 5.26 Å². The highest BCUT2D eigenvalue weighted by molar-refractivity contribution is 7.89. The molecule has 0 aromatic carbocycles. The molecule has 1 aliphatic rings. The Labute approximate surface area is 107 Å². The first kappa shape index (κ1) is 13.0. The molecule has 1 N–H and O–H groups in total. The van der Waals surface area contributed by atoms with Crippen LogP contribution in [0.1, 0.15) is 32.4 Å². The molecule has 1 aromatic rings. The molecule has 0 aliphatic heterocycles. The van der Waals surface area contributed by atoms with Gasteiger partial charge in [-0.2, -0.15) is 5.26 Å². The summed E-state index contributed by atoms with van der Waals surface area (Å²) in [6.07, 6.45) is 3.48. The predicted molar refractivity (Wildman–Crippen MR) is 66.1 cm³/mol. The van der Waals surface area contributed by atoms with Crippen LogP contribution in [0.25, 0.3) is 0 Å². The zero-order chi connectivity index (χ0) is 13.4. The van der Waals surface area contributed by atoms with Crippen LogP contribution < -0.4 is 4.72 Å².